The van der Waals surface area contributed by atoms with Crippen LogP contribution in [0.2, 0.25) is 0 Å². The van der Waals surface area contributed by atoms with Gasteiger partial charge in [0.25, 0.3) is 0 Å². The van der Waals surface area contributed by atoms with Crippen LogP contribution in [-0.2, 0) is 4.79 Å². The van der Waals surface area contributed by atoms with Gasteiger partial charge < -0.3 is 10.0 Å². The molecule has 1 heterocycles. The molecular weight excluding hydrogens is 297 g/mol. The maximum atomic E-state index is 12.5. The third-order valence-corrected chi connectivity index (χ3v) is 4.70. The number of nitrogens with zero attached hydrogens (tertiary/aromatic N) is 2. The Kier molecular flexibility index (Phi) is 5.37. The zero-order chi connectivity index (χ0) is 16.4. The monoisotopic (exact) mass is 322 g/mol. The Labute approximate surface area is 129 Å². The van der Waals surface area contributed by atoms with E-state index in [1.807, 2.05) is 0 Å². The number of hydrogen-bond acceptors (Lipinski definition) is 3. The first-order chi connectivity index (χ1) is 10.2. The molecule has 0 aromatic carbocycles. The summed E-state index contributed by atoms with van der Waals surface area (Å²) in [7, 11) is 1.64. The fourth-order valence-corrected chi connectivity index (χ4v) is 3.68. The van der Waals surface area contributed by atoms with Gasteiger partial charge in [0.1, 0.15) is 0 Å². The Hall–Kier alpha value is -0.820. The van der Waals surface area contributed by atoms with Gasteiger partial charge in [-0.3, -0.25) is 9.69 Å². The van der Waals surface area contributed by atoms with Gasteiger partial charge in [-0.25, -0.2) is 0 Å². The Morgan fingerprint density at radius 2 is 1.95 bits per heavy atom. The predicted octanol–water partition coefficient (Wildman–Crippen LogP) is 2.02. The molecule has 1 unspecified atom stereocenters. The van der Waals surface area contributed by atoms with Crippen LogP contribution in [0.15, 0.2) is 0 Å². The number of aliphatic hydroxyl groups is 1. The largest absolute Gasteiger partial charge is 0.401 e. The number of likely N-dealkylation sites (N-methyl/N-ethyl adjacent to an activating group) is 1. The number of amides is 1. The van der Waals surface area contributed by atoms with Crippen LogP contribution in [0.3, 0.4) is 0 Å². The average molecular weight is 322 g/mol. The molecule has 0 spiro atoms. The maximum absolute atomic E-state index is 12.5. The molecule has 7 heteroatoms. The third-order valence-electron chi connectivity index (χ3n) is 4.70. The fraction of sp³-hybridized carbons (Fsp3) is 0.933. The van der Waals surface area contributed by atoms with E-state index in [2.05, 4.69) is 0 Å². The van der Waals surface area contributed by atoms with E-state index < -0.39 is 24.2 Å². The molecule has 0 radical (unpaired) electrons. The number of alkyl halides is 3. The van der Waals surface area contributed by atoms with Crippen molar-refractivity contribution in [3.63, 3.8) is 0 Å². The average Bonchev–Trinajstić information content (AvgIpc) is 2.82. The second-order valence-electron chi connectivity index (χ2n) is 6.82. The van der Waals surface area contributed by atoms with Crippen LogP contribution in [0.4, 0.5) is 13.2 Å². The van der Waals surface area contributed by atoms with Crippen molar-refractivity contribution in [3.8, 4) is 0 Å². The predicted molar refractivity (Wildman–Crippen MR) is 76.3 cm³/mol. The van der Waals surface area contributed by atoms with Crippen LogP contribution >= 0.6 is 0 Å². The molecule has 4 nitrogen and oxygen atoms in total. The Bertz CT molecular complexity index is 395. The number of rotatable bonds is 4. The Balaban J connectivity index is 1.88. The second kappa shape index (κ2) is 6.74. The summed E-state index contributed by atoms with van der Waals surface area (Å²) in [6.07, 6.45) is 0.296. The van der Waals surface area contributed by atoms with Gasteiger partial charge in [-0.15, -0.1) is 0 Å². The Morgan fingerprint density at radius 3 is 2.55 bits per heavy atom. The van der Waals surface area contributed by atoms with Crippen molar-refractivity contribution in [2.45, 2.75) is 50.3 Å². The fourth-order valence-electron chi connectivity index (χ4n) is 3.68. The van der Waals surface area contributed by atoms with Crippen molar-refractivity contribution < 1.29 is 23.1 Å². The lowest BCUT2D eigenvalue weighted by Crippen LogP contribution is -2.49. The Morgan fingerprint density at radius 1 is 1.32 bits per heavy atom. The number of hydrogen-bond donors (Lipinski definition) is 1. The van der Waals surface area contributed by atoms with Crippen LogP contribution < -0.4 is 0 Å². The van der Waals surface area contributed by atoms with E-state index in [0.717, 1.165) is 12.8 Å². The van der Waals surface area contributed by atoms with Crippen LogP contribution in [0.25, 0.3) is 0 Å². The van der Waals surface area contributed by atoms with Crippen molar-refractivity contribution in [1.82, 2.24) is 9.80 Å². The molecule has 1 saturated heterocycles. The molecule has 1 N–H and O–H groups in total. The number of likely N-dealkylation sites (tertiary alicyclic amines) is 1. The molecule has 0 aromatic heterocycles. The lowest BCUT2D eigenvalue weighted by Gasteiger charge is -2.36. The van der Waals surface area contributed by atoms with Gasteiger partial charge in [0, 0.05) is 20.1 Å². The summed E-state index contributed by atoms with van der Waals surface area (Å²) in [5.74, 6) is -0.543. The van der Waals surface area contributed by atoms with E-state index >= 15 is 0 Å². The molecule has 22 heavy (non-hydrogen) atoms. The molecule has 128 valence electrons. The van der Waals surface area contributed by atoms with E-state index in [4.69, 9.17) is 0 Å². The highest BCUT2D eigenvalue weighted by Gasteiger charge is 2.38. The molecule has 2 aliphatic rings. The summed E-state index contributed by atoms with van der Waals surface area (Å²) in [5, 5.41) is 10.4. The molecule has 1 amide bonds. The molecule has 2 rings (SSSR count). The van der Waals surface area contributed by atoms with Crippen molar-refractivity contribution in [1.29, 1.82) is 0 Å². The van der Waals surface area contributed by atoms with Gasteiger partial charge >= 0.3 is 6.18 Å². The molecule has 0 aromatic rings. The lowest BCUT2D eigenvalue weighted by molar-refractivity contribution is -0.155. The highest BCUT2D eigenvalue weighted by atomic mass is 19.4. The summed E-state index contributed by atoms with van der Waals surface area (Å²) < 4.78 is 37.4. The molecule has 1 aliphatic heterocycles. The number of piperidine rings is 1. The van der Waals surface area contributed by atoms with E-state index in [1.54, 1.807) is 7.05 Å². The van der Waals surface area contributed by atoms with Crippen LogP contribution in [0, 0.1) is 5.92 Å². The SMILES string of the molecule is CN(CC1(O)CCCC1)C(=O)C1CCCN(CC(F)(F)F)C1. The summed E-state index contributed by atoms with van der Waals surface area (Å²) in [4.78, 5) is 15.3. The second-order valence-corrected chi connectivity index (χ2v) is 6.82. The lowest BCUT2D eigenvalue weighted by atomic mass is 9.95. The van der Waals surface area contributed by atoms with Crippen molar-refractivity contribution in [2.75, 3.05) is 33.2 Å². The number of carbonyl (C=O) groups excluding carboxylic acids is 1. The maximum Gasteiger partial charge on any atom is 0.401 e. The number of halogens is 3. The topological polar surface area (TPSA) is 43.8 Å². The van der Waals surface area contributed by atoms with Gasteiger partial charge in [-0.2, -0.15) is 13.2 Å². The standard InChI is InChI=1S/C15H25F3N2O2/c1-19(10-14(22)6-2-3-7-14)13(21)12-5-4-8-20(9-12)11-15(16,17)18/h12,22H,2-11H2,1H3. The zero-order valence-corrected chi connectivity index (χ0v) is 13.0. The molecule has 1 atom stereocenters. The molecule has 1 saturated carbocycles. The molecule has 0 bridgehead atoms. The molecule has 1 aliphatic carbocycles. The smallest absolute Gasteiger partial charge is 0.388 e. The summed E-state index contributed by atoms with van der Waals surface area (Å²) >= 11 is 0. The summed E-state index contributed by atoms with van der Waals surface area (Å²) in [5.41, 5.74) is -0.815. The summed E-state index contributed by atoms with van der Waals surface area (Å²) in [6.45, 7) is -0.135. The quantitative estimate of drug-likeness (QED) is 0.861. The zero-order valence-electron chi connectivity index (χ0n) is 13.0. The minimum absolute atomic E-state index is 0.146. The first kappa shape index (κ1) is 17.5. The van der Waals surface area contributed by atoms with Crippen LogP contribution in [0.1, 0.15) is 38.5 Å². The van der Waals surface area contributed by atoms with E-state index in [1.165, 1.54) is 9.80 Å². The van der Waals surface area contributed by atoms with Gasteiger partial charge in [0.05, 0.1) is 18.1 Å². The van der Waals surface area contributed by atoms with Crippen molar-refractivity contribution in [3.05, 3.63) is 0 Å². The van der Waals surface area contributed by atoms with Gasteiger partial charge in [0.15, 0.2) is 0 Å². The minimum atomic E-state index is -4.23. The van der Waals surface area contributed by atoms with Crippen LogP contribution in [0.5, 0.6) is 0 Å². The highest BCUT2D eigenvalue weighted by Crippen LogP contribution is 2.31. The van der Waals surface area contributed by atoms with Crippen molar-refractivity contribution >= 4 is 5.91 Å². The van der Waals surface area contributed by atoms with E-state index in [9.17, 15) is 23.1 Å². The third kappa shape index (κ3) is 4.84. The highest BCUT2D eigenvalue weighted by molar-refractivity contribution is 5.79. The van der Waals surface area contributed by atoms with Crippen LogP contribution in [-0.4, -0.2) is 65.8 Å². The van der Waals surface area contributed by atoms with Gasteiger partial charge in [-0.05, 0) is 32.2 Å². The minimum Gasteiger partial charge on any atom is -0.388 e. The van der Waals surface area contributed by atoms with E-state index in [0.29, 0.717) is 32.2 Å². The van der Waals surface area contributed by atoms with E-state index in [-0.39, 0.29) is 19.0 Å². The first-order valence-corrected chi connectivity index (χ1v) is 7.95. The van der Waals surface area contributed by atoms with Gasteiger partial charge in [0.2, 0.25) is 5.91 Å². The molecular formula is C15H25F3N2O2. The first-order valence-electron chi connectivity index (χ1n) is 7.95. The summed E-state index contributed by atoms with van der Waals surface area (Å²) in [6, 6.07) is 0. The van der Waals surface area contributed by atoms with Crippen molar-refractivity contribution in [2.24, 2.45) is 5.92 Å². The molecule has 2 fully saturated rings. The normalized spacial score (nSPS) is 26.1. The number of carbonyl (C=O) groups is 1. The van der Waals surface area contributed by atoms with Gasteiger partial charge in [-0.1, -0.05) is 12.8 Å².